The molecule has 1 saturated carbocycles. The fourth-order valence-corrected chi connectivity index (χ4v) is 3.87. The lowest BCUT2D eigenvalue weighted by atomic mass is 9.67. The Kier molecular flexibility index (Phi) is 7.69. The number of nitrogens with zero attached hydrogens (tertiary/aromatic N) is 3. The quantitative estimate of drug-likeness (QED) is 0.543. The molecular formula is C21H33N3. The maximum atomic E-state index is 9.83. The Balaban J connectivity index is 1.92. The maximum Gasteiger partial charge on any atom is 0.128 e. The largest absolute Gasteiger partial charge is 0.241 e. The lowest BCUT2D eigenvalue weighted by Gasteiger charge is -2.35. The Morgan fingerprint density at radius 3 is 2.25 bits per heavy atom. The molecule has 0 aliphatic heterocycles. The highest BCUT2D eigenvalue weighted by atomic mass is 14.9. The van der Waals surface area contributed by atoms with Crippen molar-refractivity contribution in [2.24, 2.45) is 5.92 Å². The topological polar surface area (TPSA) is 49.6 Å². The molecule has 2 rings (SSSR count). The molecule has 0 radical (unpaired) electrons. The van der Waals surface area contributed by atoms with E-state index >= 15 is 0 Å². The number of aryl methyl sites for hydroxylation is 1. The number of unbranched alkanes of at least 4 members (excludes halogenated alkanes) is 4. The summed E-state index contributed by atoms with van der Waals surface area (Å²) in [4.78, 5) is 9.07. The first-order valence-electron chi connectivity index (χ1n) is 9.96. The fraction of sp³-hybridized carbons (Fsp3) is 0.762. The third-order valence-corrected chi connectivity index (χ3v) is 5.65. The van der Waals surface area contributed by atoms with Crippen LogP contribution in [0.25, 0.3) is 0 Å². The van der Waals surface area contributed by atoms with E-state index in [0.29, 0.717) is 0 Å². The molecule has 1 aliphatic carbocycles. The van der Waals surface area contributed by atoms with E-state index in [4.69, 9.17) is 0 Å². The molecule has 1 fully saturated rings. The number of hydrogen-bond acceptors (Lipinski definition) is 3. The second-order valence-corrected chi connectivity index (χ2v) is 7.48. The molecule has 0 bridgehead atoms. The molecule has 24 heavy (non-hydrogen) atoms. The molecule has 0 amide bonds. The Morgan fingerprint density at radius 1 is 1.04 bits per heavy atom. The highest BCUT2D eigenvalue weighted by Gasteiger charge is 2.37. The molecule has 0 unspecified atom stereocenters. The van der Waals surface area contributed by atoms with Crippen LogP contribution in [0.3, 0.4) is 0 Å². The van der Waals surface area contributed by atoms with E-state index in [2.05, 4.69) is 29.9 Å². The molecule has 1 aromatic rings. The molecule has 1 aliphatic rings. The summed E-state index contributed by atoms with van der Waals surface area (Å²) < 4.78 is 0. The van der Waals surface area contributed by atoms with Gasteiger partial charge in [-0.2, -0.15) is 5.26 Å². The molecule has 0 aromatic carbocycles. The summed E-state index contributed by atoms with van der Waals surface area (Å²) in [5.74, 6) is 1.74. The Labute approximate surface area is 147 Å². The first-order chi connectivity index (χ1) is 11.7. The van der Waals surface area contributed by atoms with Crippen molar-refractivity contribution in [3.05, 3.63) is 23.8 Å². The van der Waals surface area contributed by atoms with Crippen molar-refractivity contribution >= 4 is 0 Å². The zero-order valence-corrected chi connectivity index (χ0v) is 15.6. The summed E-state index contributed by atoms with van der Waals surface area (Å²) in [6.45, 7) is 4.46. The monoisotopic (exact) mass is 327 g/mol. The second-order valence-electron chi connectivity index (χ2n) is 7.48. The van der Waals surface area contributed by atoms with Crippen molar-refractivity contribution in [2.45, 2.75) is 96.3 Å². The maximum absolute atomic E-state index is 9.83. The Morgan fingerprint density at radius 2 is 1.67 bits per heavy atom. The van der Waals surface area contributed by atoms with E-state index in [0.717, 1.165) is 43.0 Å². The average molecular weight is 328 g/mol. The third-order valence-electron chi connectivity index (χ3n) is 5.65. The van der Waals surface area contributed by atoms with Crippen LogP contribution in [0.4, 0.5) is 0 Å². The minimum Gasteiger partial charge on any atom is -0.241 e. The van der Waals surface area contributed by atoms with Crippen LogP contribution in [0.5, 0.6) is 0 Å². The normalized spacial score (nSPS) is 23.8. The van der Waals surface area contributed by atoms with Gasteiger partial charge >= 0.3 is 0 Å². The van der Waals surface area contributed by atoms with Gasteiger partial charge in [-0.3, -0.25) is 0 Å². The highest BCUT2D eigenvalue weighted by molar-refractivity contribution is 5.29. The minimum atomic E-state index is -0.344. The van der Waals surface area contributed by atoms with Crippen molar-refractivity contribution in [2.75, 3.05) is 0 Å². The molecule has 0 atom stereocenters. The van der Waals surface area contributed by atoms with Crippen LogP contribution in [-0.2, 0) is 11.8 Å². The van der Waals surface area contributed by atoms with Crippen LogP contribution in [0, 0.1) is 17.2 Å². The van der Waals surface area contributed by atoms with E-state index in [1.54, 1.807) is 0 Å². The van der Waals surface area contributed by atoms with Gasteiger partial charge in [-0.25, -0.2) is 9.97 Å². The van der Waals surface area contributed by atoms with Gasteiger partial charge in [0.15, 0.2) is 0 Å². The van der Waals surface area contributed by atoms with Crippen LogP contribution in [0.15, 0.2) is 12.4 Å². The van der Waals surface area contributed by atoms with Crippen LogP contribution in [0.1, 0.15) is 95.9 Å². The van der Waals surface area contributed by atoms with E-state index in [-0.39, 0.29) is 5.41 Å². The van der Waals surface area contributed by atoms with Gasteiger partial charge in [0.1, 0.15) is 5.82 Å². The minimum absolute atomic E-state index is 0.344. The van der Waals surface area contributed by atoms with E-state index < -0.39 is 0 Å². The van der Waals surface area contributed by atoms with Gasteiger partial charge in [0.2, 0.25) is 0 Å². The molecular weight excluding hydrogens is 294 g/mol. The molecule has 132 valence electrons. The summed E-state index contributed by atoms with van der Waals surface area (Å²) >= 11 is 0. The fourth-order valence-electron chi connectivity index (χ4n) is 3.87. The number of hydrogen-bond donors (Lipinski definition) is 0. The summed E-state index contributed by atoms with van der Waals surface area (Å²) in [5, 5.41) is 9.83. The lowest BCUT2D eigenvalue weighted by Crippen LogP contribution is -2.30. The summed E-state index contributed by atoms with van der Waals surface area (Å²) in [6, 6.07) is 2.61. The van der Waals surface area contributed by atoms with Crippen molar-refractivity contribution in [1.82, 2.24) is 9.97 Å². The first kappa shape index (κ1) is 18.9. The molecule has 0 spiro atoms. The first-order valence-corrected chi connectivity index (χ1v) is 9.96. The van der Waals surface area contributed by atoms with Crippen molar-refractivity contribution in [3.8, 4) is 6.07 Å². The molecule has 3 heteroatoms. The zero-order chi connectivity index (χ0) is 17.3. The third kappa shape index (κ3) is 5.03. The van der Waals surface area contributed by atoms with Crippen molar-refractivity contribution in [3.63, 3.8) is 0 Å². The van der Waals surface area contributed by atoms with Gasteiger partial charge < -0.3 is 0 Å². The molecule has 0 N–H and O–H groups in total. The van der Waals surface area contributed by atoms with Crippen molar-refractivity contribution < 1.29 is 0 Å². The van der Waals surface area contributed by atoms with Crippen LogP contribution in [0.2, 0.25) is 0 Å². The number of rotatable bonds is 9. The second kappa shape index (κ2) is 9.77. The van der Waals surface area contributed by atoms with Crippen LogP contribution < -0.4 is 0 Å². The zero-order valence-electron chi connectivity index (χ0n) is 15.6. The molecule has 0 saturated heterocycles. The highest BCUT2D eigenvalue weighted by Crippen LogP contribution is 2.42. The van der Waals surface area contributed by atoms with E-state index in [9.17, 15) is 5.26 Å². The summed E-state index contributed by atoms with van der Waals surface area (Å²) in [6.07, 6.45) is 18.0. The lowest BCUT2D eigenvalue weighted by molar-refractivity contribution is 0.261. The average Bonchev–Trinajstić information content (AvgIpc) is 2.63. The van der Waals surface area contributed by atoms with Gasteiger partial charge in [0.25, 0.3) is 0 Å². The molecule has 1 heterocycles. The van der Waals surface area contributed by atoms with E-state index in [1.807, 2.05) is 12.4 Å². The Bertz CT molecular complexity index is 507. The van der Waals surface area contributed by atoms with Gasteiger partial charge in [-0.15, -0.1) is 0 Å². The SMILES string of the molecule is CCCCCc1ncc([C@]2(C#N)CC[C@H](CCCCC)CC2)cn1. The predicted molar refractivity (Wildman–Crippen MR) is 98.7 cm³/mol. The van der Waals surface area contributed by atoms with Crippen LogP contribution >= 0.6 is 0 Å². The smallest absolute Gasteiger partial charge is 0.128 e. The summed E-state index contributed by atoms with van der Waals surface area (Å²) in [5.41, 5.74) is 0.694. The predicted octanol–water partition coefficient (Wildman–Crippen LogP) is 5.74. The molecule has 1 aromatic heterocycles. The van der Waals surface area contributed by atoms with Gasteiger partial charge in [0, 0.05) is 24.4 Å². The molecule has 3 nitrogen and oxygen atoms in total. The van der Waals surface area contributed by atoms with Gasteiger partial charge in [0.05, 0.1) is 11.5 Å². The standard InChI is InChI=1S/C21H33N3/c1-3-5-7-9-18-11-13-21(17-22,14-12-18)19-15-23-20(24-16-19)10-8-6-4-2/h15-16,18H,3-14H2,1-2H3/t18-,21+. The van der Waals surface area contributed by atoms with Crippen LogP contribution in [-0.4, -0.2) is 9.97 Å². The van der Waals surface area contributed by atoms with Gasteiger partial charge in [-0.1, -0.05) is 52.4 Å². The van der Waals surface area contributed by atoms with E-state index in [1.165, 1.54) is 51.4 Å². The van der Waals surface area contributed by atoms with Crippen molar-refractivity contribution in [1.29, 1.82) is 5.26 Å². The number of nitriles is 1. The van der Waals surface area contributed by atoms with Gasteiger partial charge in [-0.05, 0) is 38.0 Å². The Hall–Kier alpha value is -1.43. The number of aromatic nitrogens is 2. The summed E-state index contributed by atoms with van der Waals surface area (Å²) in [7, 11) is 0.